The molecule has 0 radical (unpaired) electrons. The Morgan fingerprint density at radius 2 is 2.15 bits per heavy atom. The summed E-state index contributed by atoms with van der Waals surface area (Å²) in [7, 11) is 0. The number of rotatable bonds is 6. The molecule has 1 atom stereocenters. The number of urea groups is 1. The van der Waals surface area contributed by atoms with Gasteiger partial charge in [-0.25, -0.2) is 9.18 Å². The van der Waals surface area contributed by atoms with Crippen molar-refractivity contribution in [2.24, 2.45) is 5.92 Å². The van der Waals surface area contributed by atoms with Gasteiger partial charge in [0.15, 0.2) is 0 Å². The topological polar surface area (TPSA) is 78.4 Å². The Hall–Kier alpha value is -1.63. The van der Waals surface area contributed by atoms with Gasteiger partial charge in [0.05, 0.1) is 5.69 Å². The van der Waals surface area contributed by atoms with Crippen LogP contribution in [0.1, 0.15) is 19.8 Å². The Labute approximate surface area is 124 Å². The van der Waals surface area contributed by atoms with Gasteiger partial charge in [-0.2, -0.15) is 0 Å². The molecule has 1 aromatic carbocycles. The van der Waals surface area contributed by atoms with Crippen LogP contribution in [0, 0.1) is 11.7 Å². The number of benzene rings is 1. The minimum Gasteiger partial charge on any atom is -0.481 e. The summed E-state index contributed by atoms with van der Waals surface area (Å²) in [6, 6.07) is 3.72. The van der Waals surface area contributed by atoms with Crippen LogP contribution in [-0.2, 0) is 4.79 Å². The molecule has 2 amide bonds. The van der Waals surface area contributed by atoms with Crippen molar-refractivity contribution in [1.29, 1.82) is 0 Å². The quantitative estimate of drug-likeness (QED) is 0.739. The zero-order valence-corrected chi connectivity index (χ0v) is 12.5. The molecule has 0 aliphatic rings. The van der Waals surface area contributed by atoms with Gasteiger partial charge < -0.3 is 15.7 Å². The van der Waals surface area contributed by atoms with Crippen molar-refractivity contribution in [2.75, 3.05) is 11.9 Å². The Bertz CT molecular complexity index is 497. The number of anilines is 1. The Morgan fingerprint density at radius 1 is 1.45 bits per heavy atom. The molecule has 0 aliphatic carbocycles. The second-order valence-electron chi connectivity index (χ2n) is 4.50. The molecule has 110 valence electrons. The van der Waals surface area contributed by atoms with Gasteiger partial charge in [0.25, 0.3) is 0 Å². The van der Waals surface area contributed by atoms with Crippen molar-refractivity contribution in [1.82, 2.24) is 5.32 Å². The van der Waals surface area contributed by atoms with Gasteiger partial charge in [-0.15, -0.1) is 0 Å². The molecule has 3 N–H and O–H groups in total. The van der Waals surface area contributed by atoms with Gasteiger partial charge in [-0.3, -0.25) is 4.79 Å². The average molecular weight is 347 g/mol. The Morgan fingerprint density at radius 3 is 2.80 bits per heavy atom. The van der Waals surface area contributed by atoms with Gasteiger partial charge in [-0.05, 0) is 30.5 Å². The van der Waals surface area contributed by atoms with E-state index in [1.165, 1.54) is 18.2 Å². The van der Waals surface area contributed by atoms with E-state index in [-0.39, 0.29) is 18.0 Å². The number of carboxylic acid groups (broad SMARTS) is 1. The first kappa shape index (κ1) is 16.4. The Balaban J connectivity index is 2.40. The van der Waals surface area contributed by atoms with E-state index in [9.17, 15) is 14.0 Å². The van der Waals surface area contributed by atoms with E-state index in [0.717, 1.165) is 0 Å². The lowest BCUT2D eigenvalue weighted by Gasteiger charge is -2.12. The van der Waals surface area contributed by atoms with Crippen LogP contribution in [0.3, 0.4) is 0 Å². The SMILES string of the molecule is CC(CCC(=O)O)CNC(=O)Nc1cc(Br)ccc1F. The van der Waals surface area contributed by atoms with Gasteiger partial charge in [0.1, 0.15) is 5.82 Å². The first-order valence-corrected chi connectivity index (χ1v) is 6.89. The third-order valence-corrected chi connectivity index (χ3v) is 3.13. The number of nitrogens with one attached hydrogen (secondary N) is 2. The Kier molecular flexibility index (Phi) is 6.44. The highest BCUT2D eigenvalue weighted by Crippen LogP contribution is 2.19. The standard InChI is InChI=1S/C13H16BrFN2O3/c1-8(2-5-12(18)19)7-16-13(20)17-11-6-9(14)3-4-10(11)15/h3-4,6,8H,2,5,7H2,1H3,(H,18,19)(H2,16,17,20). The van der Waals surface area contributed by atoms with Crippen LogP contribution >= 0.6 is 15.9 Å². The summed E-state index contributed by atoms with van der Waals surface area (Å²) in [5.74, 6) is -1.36. The lowest BCUT2D eigenvalue weighted by Crippen LogP contribution is -2.32. The largest absolute Gasteiger partial charge is 0.481 e. The van der Waals surface area contributed by atoms with Gasteiger partial charge >= 0.3 is 12.0 Å². The van der Waals surface area contributed by atoms with E-state index in [1.54, 1.807) is 0 Å². The molecule has 0 bridgehead atoms. The van der Waals surface area contributed by atoms with Gasteiger partial charge in [0.2, 0.25) is 0 Å². The third-order valence-electron chi connectivity index (χ3n) is 2.64. The molecule has 0 saturated carbocycles. The molecule has 1 unspecified atom stereocenters. The van der Waals surface area contributed by atoms with Crippen molar-refractivity contribution in [3.8, 4) is 0 Å². The molecule has 1 aromatic rings. The minimum atomic E-state index is -0.863. The van der Waals surface area contributed by atoms with E-state index < -0.39 is 17.8 Å². The fraction of sp³-hybridized carbons (Fsp3) is 0.385. The molecule has 0 spiro atoms. The van der Waals surface area contributed by atoms with Gasteiger partial charge in [-0.1, -0.05) is 22.9 Å². The van der Waals surface area contributed by atoms with Crippen molar-refractivity contribution < 1.29 is 19.1 Å². The summed E-state index contributed by atoms with van der Waals surface area (Å²) in [6.07, 6.45) is 0.533. The molecule has 0 aliphatic heterocycles. The highest BCUT2D eigenvalue weighted by molar-refractivity contribution is 9.10. The number of carboxylic acids is 1. The second kappa shape index (κ2) is 7.84. The zero-order valence-electron chi connectivity index (χ0n) is 11.0. The van der Waals surface area contributed by atoms with E-state index in [4.69, 9.17) is 5.11 Å². The number of amides is 2. The number of hydrogen-bond acceptors (Lipinski definition) is 2. The maximum atomic E-state index is 13.4. The number of hydrogen-bond donors (Lipinski definition) is 3. The highest BCUT2D eigenvalue weighted by atomic mass is 79.9. The zero-order chi connectivity index (χ0) is 15.1. The predicted molar refractivity (Wildman–Crippen MR) is 77.2 cm³/mol. The normalized spacial score (nSPS) is 11.8. The van der Waals surface area contributed by atoms with Crippen LogP contribution in [0.2, 0.25) is 0 Å². The number of carbonyl (C=O) groups excluding carboxylic acids is 1. The summed E-state index contributed by atoms with van der Waals surface area (Å²) in [5, 5.41) is 13.5. The molecule has 20 heavy (non-hydrogen) atoms. The first-order valence-electron chi connectivity index (χ1n) is 6.10. The molecular formula is C13H16BrFN2O3. The van der Waals surface area contributed by atoms with Crippen LogP contribution in [-0.4, -0.2) is 23.7 Å². The van der Waals surface area contributed by atoms with E-state index >= 15 is 0 Å². The fourth-order valence-corrected chi connectivity index (χ4v) is 1.86. The number of carbonyl (C=O) groups is 2. The van der Waals surface area contributed by atoms with Crippen molar-refractivity contribution in [3.63, 3.8) is 0 Å². The molecule has 0 fully saturated rings. The first-order chi connectivity index (χ1) is 9.38. The third kappa shape index (κ3) is 6.01. The lowest BCUT2D eigenvalue weighted by atomic mass is 10.1. The molecule has 1 rings (SSSR count). The summed E-state index contributed by atoms with van der Waals surface area (Å²) < 4.78 is 14.1. The lowest BCUT2D eigenvalue weighted by molar-refractivity contribution is -0.137. The summed E-state index contributed by atoms with van der Waals surface area (Å²) in [4.78, 5) is 22.0. The van der Waals surface area contributed by atoms with E-state index in [0.29, 0.717) is 17.4 Å². The second-order valence-corrected chi connectivity index (χ2v) is 5.41. The summed E-state index contributed by atoms with van der Waals surface area (Å²) in [5.41, 5.74) is 0.0788. The van der Waals surface area contributed by atoms with E-state index in [2.05, 4.69) is 26.6 Å². The average Bonchev–Trinajstić information content (AvgIpc) is 2.38. The molecule has 0 aromatic heterocycles. The molecule has 0 heterocycles. The van der Waals surface area contributed by atoms with Crippen LogP contribution in [0.15, 0.2) is 22.7 Å². The van der Waals surface area contributed by atoms with Crippen LogP contribution in [0.25, 0.3) is 0 Å². The maximum Gasteiger partial charge on any atom is 0.319 e. The van der Waals surface area contributed by atoms with E-state index in [1.807, 2.05) is 6.92 Å². The number of aliphatic carboxylic acids is 1. The van der Waals surface area contributed by atoms with Crippen LogP contribution in [0.4, 0.5) is 14.9 Å². The van der Waals surface area contributed by atoms with Gasteiger partial charge in [0, 0.05) is 17.4 Å². The number of halogens is 2. The monoisotopic (exact) mass is 346 g/mol. The minimum absolute atomic E-state index is 0.0317. The molecule has 7 heteroatoms. The highest BCUT2D eigenvalue weighted by Gasteiger charge is 2.10. The molecule has 5 nitrogen and oxygen atoms in total. The molecule has 0 saturated heterocycles. The van der Waals surface area contributed by atoms with Crippen molar-refractivity contribution in [2.45, 2.75) is 19.8 Å². The van der Waals surface area contributed by atoms with Crippen molar-refractivity contribution >= 4 is 33.6 Å². The molecular weight excluding hydrogens is 331 g/mol. The summed E-state index contributed by atoms with van der Waals surface area (Å²) >= 11 is 3.19. The van der Waals surface area contributed by atoms with Crippen molar-refractivity contribution in [3.05, 3.63) is 28.5 Å². The maximum absolute atomic E-state index is 13.4. The predicted octanol–water partition coefficient (Wildman–Crippen LogP) is 3.21. The fourth-order valence-electron chi connectivity index (χ4n) is 1.50. The summed E-state index contributed by atoms with van der Waals surface area (Å²) in [6.45, 7) is 2.16. The van der Waals surface area contributed by atoms with Crippen LogP contribution in [0.5, 0.6) is 0 Å². The smallest absolute Gasteiger partial charge is 0.319 e. The van der Waals surface area contributed by atoms with Crippen LogP contribution < -0.4 is 10.6 Å².